The van der Waals surface area contributed by atoms with E-state index in [9.17, 15) is 14.0 Å². The molecule has 1 aromatic carbocycles. The Hall–Kier alpha value is -2.70. The number of halogens is 1. The number of aliphatic carboxylic acids is 1. The average molecular weight is 332 g/mol. The quantitative estimate of drug-likeness (QED) is 0.847. The first kappa shape index (κ1) is 16.2. The molecule has 0 unspecified atom stereocenters. The molecule has 0 atom stereocenters. The van der Waals surface area contributed by atoms with Gasteiger partial charge >= 0.3 is 5.97 Å². The molecule has 126 valence electrons. The maximum atomic E-state index is 13.7. The van der Waals surface area contributed by atoms with Crippen LogP contribution in [0.25, 0.3) is 11.3 Å². The van der Waals surface area contributed by atoms with Crippen LogP contribution in [0.5, 0.6) is 0 Å². The van der Waals surface area contributed by atoms with Crippen LogP contribution < -0.4 is 5.32 Å². The molecule has 6 nitrogen and oxygen atoms in total. The van der Waals surface area contributed by atoms with Crippen LogP contribution in [0.4, 0.5) is 4.39 Å². The summed E-state index contributed by atoms with van der Waals surface area (Å²) in [6.07, 6.45) is 2.87. The molecule has 2 aromatic rings. The first-order chi connectivity index (χ1) is 11.5. The predicted octanol–water partition coefficient (Wildman–Crippen LogP) is 2.39. The number of hydrogen-bond acceptors (Lipinski definition) is 4. The Labute approximate surface area is 137 Å². The predicted molar refractivity (Wildman–Crippen MR) is 82.5 cm³/mol. The molecular weight excluding hydrogens is 315 g/mol. The molecule has 0 spiro atoms. The van der Waals surface area contributed by atoms with Crippen molar-refractivity contribution in [2.45, 2.75) is 31.7 Å². The van der Waals surface area contributed by atoms with Crippen molar-refractivity contribution in [1.82, 2.24) is 10.3 Å². The Kier molecular flexibility index (Phi) is 4.59. The van der Waals surface area contributed by atoms with Crippen molar-refractivity contribution in [3.8, 4) is 11.3 Å². The number of aryl methyl sites for hydroxylation is 1. The van der Waals surface area contributed by atoms with Crippen molar-refractivity contribution in [2.24, 2.45) is 5.92 Å². The largest absolute Gasteiger partial charge is 0.481 e. The van der Waals surface area contributed by atoms with E-state index in [2.05, 4.69) is 10.3 Å². The summed E-state index contributed by atoms with van der Waals surface area (Å²) in [5.74, 6) is -1.05. The summed E-state index contributed by atoms with van der Waals surface area (Å²) < 4.78 is 19.2. The van der Waals surface area contributed by atoms with Gasteiger partial charge in [0.05, 0.1) is 17.7 Å². The van der Waals surface area contributed by atoms with Gasteiger partial charge in [-0.15, -0.1) is 0 Å². The summed E-state index contributed by atoms with van der Waals surface area (Å²) >= 11 is 0. The highest BCUT2D eigenvalue weighted by atomic mass is 19.1. The van der Waals surface area contributed by atoms with Crippen LogP contribution in [-0.2, 0) is 16.0 Å². The topological polar surface area (TPSA) is 92.4 Å². The molecule has 1 aromatic heterocycles. The number of benzene rings is 1. The highest BCUT2D eigenvalue weighted by Gasteiger charge is 2.35. The Morgan fingerprint density at radius 2 is 2.08 bits per heavy atom. The number of aromatic nitrogens is 1. The summed E-state index contributed by atoms with van der Waals surface area (Å²) in [6, 6.07) is 6.17. The lowest BCUT2D eigenvalue weighted by atomic mass is 9.80. The first-order valence-electron chi connectivity index (χ1n) is 7.74. The third kappa shape index (κ3) is 3.61. The lowest BCUT2D eigenvalue weighted by Gasteiger charge is -2.32. The number of amides is 1. The fourth-order valence-electron chi connectivity index (χ4n) is 2.67. The number of oxazole rings is 1. The monoisotopic (exact) mass is 332 g/mol. The summed E-state index contributed by atoms with van der Waals surface area (Å²) in [5, 5.41) is 11.6. The molecular formula is C17H17FN2O4. The highest BCUT2D eigenvalue weighted by molar-refractivity contribution is 5.77. The molecule has 0 aliphatic heterocycles. The molecule has 1 fully saturated rings. The standard InChI is InChI=1S/C17H17FN2O4/c18-13-4-2-1-3-12(13)14-9-19-16(24-14)6-5-15(21)20-11-7-10(8-11)17(22)23/h1-4,9-11H,5-8H2,(H,20,21)(H,22,23). The molecule has 1 amide bonds. The maximum Gasteiger partial charge on any atom is 0.306 e. The number of carbonyl (C=O) groups excluding carboxylic acids is 1. The zero-order valence-corrected chi connectivity index (χ0v) is 12.9. The molecule has 2 N–H and O–H groups in total. The number of hydrogen-bond donors (Lipinski definition) is 2. The summed E-state index contributed by atoms with van der Waals surface area (Å²) in [6.45, 7) is 0. The van der Waals surface area contributed by atoms with Crippen molar-refractivity contribution in [3.05, 3.63) is 42.2 Å². The summed E-state index contributed by atoms with van der Waals surface area (Å²) in [4.78, 5) is 26.6. The van der Waals surface area contributed by atoms with E-state index in [1.54, 1.807) is 18.2 Å². The van der Waals surface area contributed by atoms with E-state index in [0.717, 1.165) is 0 Å². The van der Waals surface area contributed by atoms with E-state index in [-0.39, 0.29) is 24.3 Å². The Morgan fingerprint density at radius 1 is 1.33 bits per heavy atom. The Balaban J connectivity index is 1.48. The number of nitrogens with zero attached hydrogens (tertiary/aromatic N) is 1. The van der Waals surface area contributed by atoms with Crippen molar-refractivity contribution in [3.63, 3.8) is 0 Å². The molecule has 7 heteroatoms. The Morgan fingerprint density at radius 3 is 2.79 bits per heavy atom. The maximum absolute atomic E-state index is 13.7. The first-order valence-corrected chi connectivity index (χ1v) is 7.74. The molecule has 1 aliphatic rings. The van der Waals surface area contributed by atoms with Crippen LogP contribution in [0.3, 0.4) is 0 Å². The molecule has 24 heavy (non-hydrogen) atoms. The second kappa shape index (κ2) is 6.82. The average Bonchev–Trinajstić information content (AvgIpc) is 2.97. The third-order valence-electron chi connectivity index (χ3n) is 4.11. The van der Waals surface area contributed by atoms with Crippen LogP contribution in [0.1, 0.15) is 25.2 Å². The number of carboxylic acids is 1. The number of carboxylic acid groups (broad SMARTS) is 1. The van der Waals surface area contributed by atoms with E-state index in [1.807, 2.05) is 0 Å². The van der Waals surface area contributed by atoms with Crippen molar-refractivity contribution >= 4 is 11.9 Å². The molecule has 0 bridgehead atoms. The van der Waals surface area contributed by atoms with Crippen LogP contribution in [-0.4, -0.2) is 28.0 Å². The zero-order chi connectivity index (χ0) is 17.1. The third-order valence-corrected chi connectivity index (χ3v) is 4.11. The minimum absolute atomic E-state index is 0.0721. The van der Waals surface area contributed by atoms with Gasteiger partial charge in [-0.2, -0.15) is 0 Å². The van der Waals surface area contributed by atoms with Gasteiger partial charge in [0.1, 0.15) is 5.82 Å². The molecule has 0 radical (unpaired) electrons. The lowest BCUT2D eigenvalue weighted by Crippen LogP contribution is -2.46. The number of carbonyl (C=O) groups is 2. The fraction of sp³-hybridized carbons (Fsp3) is 0.353. The van der Waals surface area contributed by atoms with E-state index in [0.29, 0.717) is 36.5 Å². The smallest absolute Gasteiger partial charge is 0.306 e. The minimum atomic E-state index is -0.819. The lowest BCUT2D eigenvalue weighted by molar-refractivity contribution is -0.146. The van der Waals surface area contributed by atoms with Gasteiger partial charge in [-0.05, 0) is 25.0 Å². The number of nitrogens with one attached hydrogen (secondary N) is 1. The van der Waals surface area contributed by atoms with Gasteiger partial charge in [-0.3, -0.25) is 9.59 Å². The van der Waals surface area contributed by atoms with E-state index < -0.39 is 11.8 Å². The molecule has 1 saturated carbocycles. The highest BCUT2D eigenvalue weighted by Crippen LogP contribution is 2.27. The van der Waals surface area contributed by atoms with E-state index >= 15 is 0 Å². The van der Waals surface area contributed by atoms with Crippen molar-refractivity contribution in [2.75, 3.05) is 0 Å². The van der Waals surface area contributed by atoms with Crippen molar-refractivity contribution in [1.29, 1.82) is 0 Å². The second-order valence-electron chi connectivity index (χ2n) is 5.87. The number of rotatable bonds is 6. The fourth-order valence-corrected chi connectivity index (χ4v) is 2.67. The summed E-state index contributed by atoms with van der Waals surface area (Å²) in [5.41, 5.74) is 0.329. The minimum Gasteiger partial charge on any atom is -0.481 e. The van der Waals surface area contributed by atoms with Gasteiger partial charge in [-0.1, -0.05) is 12.1 Å². The molecule has 1 heterocycles. The van der Waals surface area contributed by atoms with Gasteiger partial charge in [0.2, 0.25) is 5.91 Å². The van der Waals surface area contributed by atoms with Gasteiger partial charge in [0.25, 0.3) is 0 Å². The Bertz CT molecular complexity index is 753. The van der Waals surface area contributed by atoms with Gasteiger partial charge < -0.3 is 14.8 Å². The SMILES string of the molecule is O=C(CCc1ncc(-c2ccccc2F)o1)NC1CC(C(=O)O)C1. The van der Waals surface area contributed by atoms with Crippen molar-refractivity contribution < 1.29 is 23.5 Å². The molecule has 3 rings (SSSR count). The second-order valence-corrected chi connectivity index (χ2v) is 5.87. The molecule has 0 saturated heterocycles. The van der Waals surface area contributed by atoms with Crippen LogP contribution in [0, 0.1) is 11.7 Å². The van der Waals surface area contributed by atoms with Crippen LogP contribution in [0.15, 0.2) is 34.9 Å². The van der Waals surface area contributed by atoms with Crippen LogP contribution in [0.2, 0.25) is 0 Å². The molecule has 1 aliphatic carbocycles. The zero-order valence-electron chi connectivity index (χ0n) is 12.9. The normalized spacial score (nSPS) is 19.5. The van der Waals surface area contributed by atoms with Gasteiger partial charge in [0.15, 0.2) is 11.7 Å². The summed E-state index contributed by atoms with van der Waals surface area (Å²) in [7, 11) is 0. The van der Waals surface area contributed by atoms with E-state index in [4.69, 9.17) is 9.52 Å². The van der Waals surface area contributed by atoms with E-state index in [1.165, 1.54) is 12.3 Å². The van der Waals surface area contributed by atoms with Crippen LogP contribution >= 0.6 is 0 Å². The van der Waals surface area contributed by atoms with Gasteiger partial charge in [0, 0.05) is 18.9 Å². The van der Waals surface area contributed by atoms with Gasteiger partial charge in [-0.25, -0.2) is 9.37 Å².